The predicted molar refractivity (Wildman–Crippen MR) is 50.4 cm³/mol. The third kappa shape index (κ3) is 1.03. The lowest BCUT2D eigenvalue weighted by molar-refractivity contribution is 1.08. The summed E-state index contributed by atoms with van der Waals surface area (Å²) in [7, 11) is 3.97. The highest BCUT2D eigenvalue weighted by molar-refractivity contribution is 5.77. The number of rotatable bonds is 1. The number of nitrogens with zero attached hydrogens (tertiary/aromatic N) is 2. The van der Waals surface area contributed by atoms with Gasteiger partial charge in [-0.2, -0.15) is 0 Å². The molecule has 1 N–H and O–H groups in total. The zero-order valence-corrected chi connectivity index (χ0v) is 7.20. The lowest BCUT2D eigenvalue weighted by Gasteiger charge is -2.09. The Morgan fingerprint density at radius 1 is 1.25 bits per heavy atom. The molecular formula is C9H11N3. The summed E-state index contributed by atoms with van der Waals surface area (Å²) in [5, 5.41) is 1.15. The van der Waals surface area contributed by atoms with Gasteiger partial charge in [0, 0.05) is 25.7 Å². The molecule has 0 spiro atoms. The van der Waals surface area contributed by atoms with Gasteiger partial charge >= 0.3 is 0 Å². The quantitative estimate of drug-likeness (QED) is 0.689. The molecule has 3 heteroatoms. The average Bonchev–Trinajstić information content (AvgIpc) is 2.49. The highest BCUT2D eigenvalue weighted by atomic mass is 15.1. The molecule has 0 amide bonds. The predicted octanol–water partition coefficient (Wildman–Crippen LogP) is 1.63. The van der Waals surface area contributed by atoms with Crippen LogP contribution in [0.1, 0.15) is 0 Å². The number of H-pyrrole nitrogens is 1. The molecule has 0 saturated heterocycles. The van der Waals surface area contributed by atoms with Crippen LogP contribution in [0.25, 0.3) is 11.0 Å². The molecule has 0 aliphatic heterocycles. The van der Waals surface area contributed by atoms with Crippen molar-refractivity contribution in [2.75, 3.05) is 19.0 Å². The molecule has 0 fully saturated rings. The van der Waals surface area contributed by atoms with Crippen molar-refractivity contribution in [3.63, 3.8) is 0 Å². The van der Waals surface area contributed by atoms with Gasteiger partial charge in [0.15, 0.2) is 0 Å². The average molecular weight is 161 g/mol. The van der Waals surface area contributed by atoms with E-state index in [1.54, 1.807) is 0 Å². The van der Waals surface area contributed by atoms with Gasteiger partial charge in [-0.05, 0) is 18.2 Å². The van der Waals surface area contributed by atoms with Gasteiger partial charge in [-0.15, -0.1) is 0 Å². The van der Waals surface area contributed by atoms with Crippen molar-refractivity contribution in [1.29, 1.82) is 0 Å². The highest BCUT2D eigenvalue weighted by Gasteiger charge is 1.98. The Hall–Kier alpha value is -1.51. The van der Waals surface area contributed by atoms with E-state index in [0.717, 1.165) is 16.9 Å². The van der Waals surface area contributed by atoms with E-state index in [-0.39, 0.29) is 0 Å². The third-order valence-electron chi connectivity index (χ3n) is 1.85. The van der Waals surface area contributed by atoms with Crippen LogP contribution in [0.3, 0.4) is 0 Å². The second-order valence-corrected chi connectivity index (χ2v) is 2.98. The first-order valence-electron chi connectivity index (χ1n) is 3.89. The second-order valence-electron chi connectivity index (χ2n) is 2.98. The lowest BCUT2D eigenvalue weighted by atomic mass is 10.3. The molecule has 0 saturated carbocycles. The SMILES string of the molecule is CN(C)c1ccc2cc[nH]c2n1. The second kappa shape index (κ2) is 2.52. The molecule has 62 valence electrons. The van der Waals surface area contributed by atoms with Crippen molar-refractivity contribution in [2.45, 2.75) is 0 Å². The Balaban J connectivity index is 2.60. The summed E-state index contributed by atoms with van der Waals surface area (Å²) in [4.78, 5) is 9.47. The largest absolute Gasteiger partial charge is 0.363 e. The van der Waals surface area contributed by atoms with Gasteiger partial charge in [-0.25, -0.2) is 4.98 Å². The molecular weight excluding hydrogens is 150 g/mol. The maximum Gasteiger partial charge on any atom is 0.139 e. The molecule has 0 radical (unpaired) electrons. The minimum absolute atomic E-state index is 0.946. The van der Waals surface area contributed by atoms with E-state index >= 15 is 0 Å². The molecule has 0 aliphatic rings. The lowest BCUT2D eigenvalue weighted by Crippen LogP contribution is -2.10. The van der Waals surface area contributed by atoms with E-state index in [1.165, 1.54) is 0 Å². The van der Waals surface area contributed by atoms with Crippen molar-refractivity contribution >= 4 is 16.9 Å². The molecule has 3 nitrogen and oxygen atoms in total. The maximum atomic E-state index is 4.41. The minimum atomic E-state index is 0.946. The molecule has 2 rings (SSSR count). The summed E-state index contributed by atoms with van der Waals surface area (Å²) in [6.45, 7) is 0. The van der Waals surface area contributed by atoms with E-state index in [4.69, 9.17) is 0 Å². The zero-order chi connectivity index (χ0) is 8.55. The van der Waals surface area contributed by atoms with E-state index < -0.39 is 0 Å². The van der Waals surface area contributed by atoms with Crippen LogP contribution in [0.2, 0.25) is 0 Å². The fraction of sp³-hybridized carbons (Fsp3) is 0.222. The van der Waals surface area contributed by atoms with Crippen LogP contribution >= 0.6 is 0 Å². The molecule has 0 aliphatic carbocycles. The Kier molecular flexibility index (Phi) is 1.50. The first-order valence-corrected chi connectivity index (χ1v) is 3.89. The van der Waals surface area contributed by atoms with Crippen LogP contribution < -0.4 is 4.90 Å². The highest BCUT2D eigenvalue weighted by Crippen LogP contribution is 2.14. The smallest absolute Gasteiger partial charge is 0.139 e. The fourth-order valence-electron chi connectivity index (χ4n) is 1.17. The summed E-state index contributed by atoms with van der Waals surface area (Å²) in [5.41, 5.74) is 0.946. The third-order valence-corrected chi connectivity index (χ3v) is 1.85. The van der Waals surface area contributed by atoms with Crippen LogP contribution in [-0.4, -0.2) is 24.1 Å². The van der Waals surface area contributed by atoms with Crippen LogP contribution in [0.15, 0.2) is 24.4 Å². The Morgan fingerprint density at radius 3 is 2.83 bits per heavy atom. The molecule has 2 aromatic heterocycles. The van der Waals surface area contributed by atoms with Crippen LogP contribution in [-0.2, 0) is 0 Å². The number of hydrogen-bond donors (Lipinski definition) is 1. The fourth-order valence-corrected chi connectivity index (χ4v) is 1.17. The number of fused-ring (bicyclic) bond motifs is 1. The zero-order valence-electron chi connectivity index (χ0n) is 7.20. The van der Waals surface area contributed by atoms with Crippen LogP contribution in [0, 0.1) is 0 Å². The minimum Gasteiger partial charge on any atom is -0.363 e. The molecule has 0 atom stereocenters. The van der Waals surface area contributed by atoms with E-state index in [0.29, 0.717) is 0 Å². The first kappa shape index (κ1) is 7.16. The normalized spacial score (nSPS) is 10.5. The van der Waals surface area contributed by atoms with Gasteiger partial charge in [-0.3, -0.25) is 0 Å². The van der Waals surface area contributed by atoms with Crippen molar-refractivity contribution in [2.24, 2.45) is 0 Å². The van der Waals surface area contributed by atoms with Crippen molar-refractivity contribution in [1.82, 2.24) is 9.97 Å². The topological polar surface area (TPSA) is 31.9 Å². The van der Waals surface area contributed by atoms with Gasteiger partial charge in [0.1, 0.15) is 11.5 Å². The molecule has 2 heterocycles. The Bertz CT molecular complexity index is 389. The molecule has 0 aromatic carbocycles. The van der Waals surface area contributed by atoms with Crippen molar-refractivity contribution in [3.8, 4) is 0 Å². The standard InChI is InChI=1S/C9H11N3/c1-12(2)8-4-3-7-5-6-10-9(7)11-8/h3-6H,1-2H3,(H,10,11). The van der Waals surface area contributed by atoms with E-state index in [1.807, 2.05) is 37.3 Å². The number of anilines is 1. The number of nitrogens with one attached hydrogen (secondary N) is 1. The first-order chi connectivity index (χ1) is 5.77. The molecule has 2 aromatic rings. The number of hydrogen-bond acceptors (Lipinski definition) is 2. The summed E-state index contributed by atoms with van der Waals surface area (Å²) in [6.07, 6.45) is 1.90. The van der Waals surface area contributed by atoms with Gasteiger partial charge < -0.3 is 9.88 Å². The van der Waals surface area contributed by atoms with Crippen LogP contribution in [0.4, 0.5) is 5.82 Å². The number of aromatic nitrogens is 2. The molecule has 0 bridgehead atoms. The van der Waals surface area contributed by atoms with Gasteiger partial charge in [0.2, 0.25) is 0 Å². The summed E-state index contributed by atoms with van der Waals surface area (Å²) < 4.78 is 0. The Morgan fingerprint density at radius 2 is 2.08 bits per heavy atom. The maximum absolute atomic E-state index is 4.41. The monoisotopic (exact) mass is 161 g/mol. The van der Waals surface area contributed by atoms with Gasteiger partial charge in [0.25, 0.3) is 0 Å². The van der Waals surface area contributed by atoms with Gasteiger partial charge in [-0.1, -0.05) is 0 Å². The van der Waals surface area contributed by atoms with Crippen molar-refractivity contribution < 1.29 is 0 Å². The summed E-state index contributed by atoms with van der Waals surface area (Å²) in [5.74, 6) is 0.977. The Labute approximate surface area is 71.0 Å². The molecule has 0 unspecified atom stereocenters. The van der Waals surface area contributed by atoms with Crippen LogP contribution in [0.5, 0.6) is 0 Å². The van der Waals surface area contributed by atoms with E-state index in [2.05, 4.69) is 16.0 Å². The number of pyridine rings is 1. The summed E-state index contributed by atoms with van der Waals surface area (Å²) in [6, 6.07) is 6.09. The van der Waals surface area contributed by atoms with Gasteiger partial charge in [0.05, 0.1) is 0 Å². The van der Waals surface area contributed by atoms with E-state index in [9.17, 15) is 0 Å². The molecule has 12 heavy (non-hydrogen) atoms. The summed E-state index contributed by atoms with van der Waals surface area (Å²) >= 11 is 0. The number of aromatic amines is 1. The van der Waals surface area contributed by atoms with Crippen molar-refractivity contribution in [3.05, 3.63) is 24.4 Å².